The number of hydrogen-bond acceptors (Lipinski definition) is 6. The highest BCUT2D eigenvalue weighted by Gasteiger charge is 2.19. The van der Waals surface area contributed by atoms with Crippen LogP contribution < -0.4 is 4.74 Å². The van der Waals surface area contributed by atoms with Crippen molar-refractivity contribution in [3.8, 4) is 17.2 Å². The molecule has 0 fully saturated rings. The van der Waals surface area contributed by atoms with Gasteiger partial charge in [0.15, 0.2) is 6.10 Å². The van der Waals surface area contributed by atoms with Gasteiger partial charge in [0.2, 0.25) is 5.89 Å². The molecule has 0 spiro atoms. The summed E-state index contributed by atoms with van der Waals surface area (Å²) in [7, 11) is 0. The first-order valence-electron chi connectivity index (χ1n) is 11.7. The number of ether oxygens (including phenoxy) is 3. The molecule has 0 aliphatic heterocycles. The van der Waals surface area contributed by atoms with Crippen molar-refractivity contribution in [2.45, 2.75) is 52.2 Å². The molecule has 0 saturated heterocycles. The smallest absolute Gasteiger partial charge is 0.332 e. The molecule has 2 aromatic carbocycles. The van der Waals surface area contributed by atoms with Crippen LogP contribution in [-0.2, 0) is 27.1 Å². The Morgan fingerprint density at radius 2 is 1.79 bits per heavy atom. The van der Waals surface area contributed by atoms with Gasteiger partial charge in [-0.05, 0) is 50.1 Å². The summed E-state index contributed by atoms with van der Waals surface area (Å²) < 4.78 is 23.0. The average molecular weight is 468 g/mol. The van der Waals surface area contributed by atoms with Crippen LogP contribution in [0.25, 0.3) is 11.5 Å². The summed E-state index contributed by atoms with van der Waals surface area (Å²) in [6.45, 7) is 6.88. The van der Waals surface area contributed by atoms with E-state index < -0.39 is 12.1 Å². The number of aryl methyl sites for hydroxylation is 1. The minimum atomic E-state index is -0.948. The number of oxazole rings is 1. The lowest BCUT2D eigenvalue weighted by molar-refractivity contribution is -0.153. The monoisotopic (exact) mass is 467 g/mol. The summed E-state index contributed by atoms with van der Waals surface area (Å²) in [6, 6.07) is 17.7. The van der Waals surface area contributed by atoms with Crippen LogP contribution in [0, 0.1) is 6.92 Å². The lowest BCUT2D eigenvalue weighted by Gasteiger charge is -2.20. The molecule has 7 nitrogen and oxygen atoms in total. The highest BCUT2D eigenvalue weighted by molar-refractivity contribution is 5.72. The number of rotatable bonds is 14. The minimum Gasteiger partial charge on any atom is -0.493 e. The van der Waals surface area contributed by atoms with Crippen molar-refractivity contribution in [3.05, 3.63) is 71.6 Å². The van der Waals surface area contributed by atoms with Gasteiger partial charge in [0.1, 0.15) is 11.5 Å². The number of carboxylic acid groups (broad SMARTS) is 1. The van der Waals surface area contributed by atoms with E-state index in [2.05, 4.69) is 4.98 Å². The highest BCUT2D eigenvalue weighted by atomic mass is 16.5. The fourth-order valence-electron chi connectivity index (χ4n) is 3.60. The zero-order valence-corrected chi connectivity index (χ0v) is 20.0. The summed E-state index contributed by atoms with van der Waals surface area (Å²) in [4.78, 5) is 15.8. The summed E-state index contributed by atoms with van der Waals surface area (Å²) >= 11 is 0. The van der Waals surface area contributed by atoms with Gasteiger partial charge in [0, 0.05) is 25.0 Å². The molecule has 1 N–H and O–H groups in total. The quantitative estimate of drug-likeness (QED) is 0.353. The Balaban J connectivity index is 1.49. The predicted molar refractivity (Wildman–Crippen MR) is 129 cm³/mol. The molecule has 2 atom stereocenters. The van der Waals surface area contributed by atoms with Crippen molar-refractivity contribution in [3.63, 3.8) is 0 Å². The van der Waals surface area contributed by atoms with Crippen molar-refractivity contribution in [2.75, 3.05) is 19.8 Å². The molecule has 7 heteroatoms. The Hall–Kier alpha value is -3.16. The number of benzene rings is 2. The van der Waals surface area contributed by atoms with Gasteiger partial charge in [-0.1, -0.05) is 37.3 Å². The third-order valence-corrected chi connectivity index (χ3v) is 5.44. The Morgan fingerprint density at radius 1 is 1.06 bits per heavy atom. The van der Waals surface area contributed by atoms with E-state index in [0.717, 1.165) is 28.3 Å². The Kier molecular flexibility index (Phi) is 9.67. The second-order valence-corrected chi connectivity index (χ2v) is 7.98. The number of aliphatic carboxylic acids is 1. The molecule has 0 aliphatic rings. The maximum Gasteiger partial charge on any atom is 0.332 e. The lowest BCUT2D eigenvalue weighted by atomic mass is 10.1. The van der Waals surface area contributed by atoms with Crippen LogP contribution in [0.15, 0.2) is 59.0 Å². The van der Waals surface area contributed by atoms with Crippen LogP contribution in [0.1, 0.15) is 37.3 Å². The Labute approximate surface area is 200 Å². The van der Waals surface area contributed by atoms with Crippen LogP contribution in [-0.4, -0.2) is 48.1 Å². The molecule has 3 rings (SSSR count). The number of nitrogens with zero attached hydrogens (tertiary/aromatic N) is 1. The maximum atomic E-state index is 11.2. The van der Waals surface area contributed by atoms with E-state index in [-0.39, 0.29) is 12.7 Å². The molecule has 3 aromatic rings. The number of carboxylic acids is 1. The van der Waals surface area contributed by atoms with Crippen LogP contribution in [0.3, 0.4) is 0 Å². The van der Waals surface area contributed by atoms with Crippen molar-refractivity contribution in [2.24, 2.45) is 0 Å². The number of aromatic nitrogens is 1. The van der Waals surface area contributed by atoms with Gasteiger partial charge < -0.3 is 23.7 Å². The summed E-state index contributed by atoms with van der Waals surface area (Å²) in [6.07, 6.45) is 0.678. The average Bonchev–Trinajstić information content (AvgIpc) is 3.21. The fraction of sp³-hybridized carbons (Fsp3) is 0.407. The maximum absolute atomic E-state index is 11.2. The number of carbonyl (C=O) groups is 1. The standard InChI is InChI=1S/C27H33NO6/c1-4-25(27(29)30)33-18-23(31-5-2)17-20-11-13-22(14-12-20)32-16-15-24-19(3)34-26(28-24)21-9-7-6-8-10-21/h6-14,23,25H,4-5,15-18H2,1-3H3,(H,29,30)/t23-,25?/m0/s1. The molecule has 0 bridgehead atoms. The Bertz CT molecular complexity index is 1020. The van der Waals surface area contributed by atoms with Crippen molar-refractivity contribution in [1.29, 1.82) is 0 Å². The van der Waals surface area contributed by atoms with Crippen LogP contribution in [0.5, 0.6) is 5.75 Å². The SMILES string of the molecule is CCO[C@H](COC(CC)C(=O)O)Cc1ccc(OCCc2nc(-c3ccccc3)oc2C)cc1. The van der Waals surface area contributed by atoms with Gasteiger partial charge in [-0.2, -0.15) is 0 Å². The zero-order chi connectivity index (χ0) is 24.3. The molecule has 1 aromatic heterocycles. The molecular weight excluding hydrogens is 434 g/mol. The van der Waals surface area contributed by atoms with Crippen molar-refractivity contribution < 1.29 is 28.5 Å². The molecule has 1 unspecified atom stereocenters. The number of hydrogen-bond donors (Lipinski definition) is 1. The second-order valence-electron chi connectivity index (χ2n) is 7.98. The largest absolute Gasteiger partial charge is 0.493 e. The van der Waals surface area contributed by atoms with Gasteiger partial charge in [-0.3, -0.25) is 0 Å². The van der Waals surface area contributed by atoms with E-state index in [9.17, 15) is 4.79 Å². The third kappa shape index (κ3) is 7.43. The second kappa shape index (κ2) is 12.9. The van der Waals surface area contributed by atoms with E-state index in [1.54, 1.807) is 6.92 Å². The summed E-state index contributed by atoms with van der Waals surface area (Å²) in [5, 5.41) is 9.16. The highest BCUT2D eigenvalue weighted by Crippen LogP contribution is 2.22. The first-order valence-corrected chi connectivity index (χ1v) is 11.7. The predicted octanol–water partition coefficient (Wildman–Crippen LogP) is 5.10. The zero-order valence-electron chi connectivity index (χ0n) is 20.0. The lowest BCUT2D eigenvalue weighted by Crippen LogP contribution is -2.30. The summed E-state index contributed by atoms with van der Waals surface area (Å²) in [5.74, 6) is 1.25. The minimum absolute atomic E-state index is 0.209. The van der Waals surface area contributed by atoms with Crippen molar-refractivity contribution in [1.82, 2.24) is 4.98 Å². The first kappa shape index (κ1) is 25.5. The van der Waals surface area contributed by atoms with Crippen molar-refractivity contribution >= 4 is 5.97 Å². The molecule has 0 saturated carbocycles. The van der Waals surface area contributed by atoms with Gasteiger partial charge in [0.05, 0.1) is 25.0 Å². The first-order chi connectivity index (χ1) is 16.5. The van der Waals surface area contributed by atoms with Gasteiger partial charge in [0.25, 0.3) is 0 Å². The van der Waals surface area contributed by atoms with Crippen LogP contribution in [0.4, 0.5) is 0 Å². The molecule has 0 amide bonds. The molecule has 182 valence electrons. The van der Waals surface area contributed by atoms with Crippen LogP contribution >= 0.6 is 0 Å². The van der Waals surface area contributed by atoms with E-state index in [1.165, 1.54) is 0 Å². The molecular formula is C27H33NO6. The van der Waals surface area contributed by atoms with E-state index >= 15 is 0 Å². The molecule has 0 radical (unpaired) electrons. The van der Waals surface area contributed by atoms with Gasteiger partial charge in [-0.25, -0.2) is 9.78 Å². The van der Waals surface area contributed by atoms with Gasteiger partial charge >= 0.3 is 5.97 Å². The fourth-order valence-corrected chi connectivity index (χ4v) is 3.60. The molecule has 0 aliphatic carbocycles. The normalized spacial score (nSPS) is 12.9. The van der Waals surface area contributed by atoms with E-state index in [0.29, 0.717) is 38.4 Å². The molecule has 34 heavy (non-hydrogen) atoms. The van der Waals surface area contributed by atoms with E-state index in [4.69, 9.17) is 23.7 Å². The van der Waals surface area contributed by atoms with E-state index in [1.807, 2.05) is 68.4 Å². The van der Waals surface area contributed by atoms with Crippen LogP contribution in [0.2, 0.25) is 0 Å². The molecule has 1 heterocycles. The van der Waals surface area contributed by atoms with Gasteiger partial charge in [-0.15, -0.1) is 0 Å². The summed E-state index contributed by atoms with van der Waals surface area (Å²) in [5.41, 5.74) is 2.91. The Morgan fingerprint density at radius 3 is 2.44 bits per heavy atom. The third-order valence-electron chi connectivity index (χ3n) is 5.44. The topological polar surface area (TPSA) is 91.0 Å².